The van der Waals surface area contributed by atoms with Crippen LogP contribution in [0.1, 0.15) is 31.0 Å². The number of aromatic nitrogens is 2. The van der Waals surface area contributed by atoms with Crippen LogP contribution in [0.25, 0.3) is 0 Å². The van der Waals surface area contributed by atoms with Gasteiger partial charge < -0.3 is 15.4 Å². The molecule has 2 N–H and O–H groups in total. The number of nitrogens with zero attached hydrogens (tertiary/aromatic N) is 2. The Balaban J connectivity index is 2.11. The molecule has 0 saturated heterocycles. The van der Waals surface area contributed by atoms with E-state index in [0.29, 0.717) is 11.5 Å². The molecule has 1 aromatic heterocycles. The summed E-state index contributed by atoms with van der Waals surface area (Å²) in [5, 5.41) is 6.05. The molecule has 7 heteroatoms. The second kappa shape index (κ2) is 8.77. The molecule has 25 heavy (non-hydrogen) atoms. The highest BCUT2D eigenvalue weighted by Gasteiger charge is 2.10. The summed E-state index contributed by atoms with van der Waals surface area (Å²) < 4.78 is 4.55. The molecule has 0 aliphatic heterocycles. The van der Waals surface area contributed by atoms with E-state index in [0.717, 1.165) is 23.4 Å². The number of nitrogens with one attached hydrogen (secondary N) is 2. The van der Waals surface area contributed by atoms with Crippen molar-refractivity contribution < 1.29 is 14.3 Å². The zero-order chi connectivity index (χ0) is 18.2. The number of carbonyl (C=O) groups excluding carboxylic acids is 2. The van der Waals surface area contributed by atoms with Crippen molar-refractivity contribution in [2.45, 2.75) is 33.1 Å². The van der Waals surface area contributed by atoms with Crippen molar-refractivity contribution in [1.29, 1.82) is 0 Å². The summed E-state index contributed by atoms with van der Waals surface area (Å²) in [5.41, 5.74) is 3.39. The topological polar surface area (TPSA) is 93.2 Å². The van der Waals surface area contributed by atoms with Crippen molar-refractivity contribution in [2.24, 2.45) is 0 Å². The van der Waals surface area contributed by atoms with Gasteiger partial charge in [0, 0.05) is 29.6 Å². The van der Waals surface area contributed by atoms with Gasteiger partial charge in [-0.3, -0.25) is 9.59 Å². The molecule has 1 amide bonds. The quantitative estimate of drug-likeness (QED) is 0.751. The van der Waals surface area contributed by atoms with Crippen LogP contribution in [-0.2, 0) is 20.7 Å². The van der Waals surface area contributed by atoms with Crippen LogP contribution in [-0.4, -0.2) is 29.0 Å². The summed E-state index contributed by atoms with van der Waals surface area (Å²) in [6, 6.07) is 7.57. The van der Waals surface area contributed by atoms with Gasteiger partial charge in [-0.05, 0) is 31.0 Å². The van der Waals surface area contributed by atoms with E-state index in [-0.39, 0.29) is 18.7 Å². The Morgan fingerprint density at radius 2 is 1.96 bits per heavy atom. The molecule has 1 heterocycles. The fourth-order valence-corrected chi connectivity index (χ4v) is 2.28. The lowest BCUT2D eigenvalue weighted by molar-refractivity contribution is -0.141. The van der Waals surface area contributed by atoms with E-state index >= 15 is 0 Å². The maximum atomic E-state index is 12.1. The van der Waals surface area contributed by atoms with Crippen molar-refractivity contribution in [2.75, 3.05) is 17.7 Å². The van der Waals surface area contributed by atoms with E-state index in [1.807, 2.05) is 38.1 Å². The number of aryl methyl sites for hydroxylation is 2. The molecule has 0 unspecified atom stereocenters. The first kappa shape index (κ1) is 18.4. The van der Waals surface area contributed by atoms with E-state index < -0.39 is 5.97 Å². The monoisotopic (exact) mass is 342 g/mol. The summed E-state index contributed by atoms with van der Waals surface area (Å²) in [7, 11) is 1.30. The normalized spacial score (nSPS) is 10.2. The molecule has 0 spiro atoms. The first-order valence-corrected chi connectivity index (χ1v) is 8.07. The molecule has 2 aromatic rings. The molecule has 0 fully saturated rings. The third-order valence-corrected chi connectivity index (χ3v) is 3.62. The largest absolute Gasteiger partial charge is 0.469 e. The van der Waals surface area contributed by atoms with Gasteiger partial charge in [-0.15, -0.1) is 0 Å². The molecule has 0 bridgehead atoms. The van der Waals surface area contributed by atoms with Crippen molar-refractivity contribution in [3.63, 3.8) is 0 Å². The number of methoxy groups -OCH3 is 1. The van der Waals surface area contributed by atoms with Gasteiger partial charge in [-0.2, -0.15) is 0 Å². The Morgan fingerprint density at radius 3 is 2.64 bits per heavy atom. The predicted octanol–water partition coefficient (Wildman–Crippen LogP) is 2.98. The number of benzene rings is 1. The summed E-state index contributed by atoms with van der Waals surface area (Å²) >= 11 is 0. The SMILES string of the molecule is CCc1ccc(Nc2cc(C)ncn2)cc1NC(=O)CCC(=O)OC. The lowest BCUT2D eigenvalue weighted by Crippen LogP contribution is -2.15. The second-order valence-electron chi connectivity index (χ2n) is 5.52. The number of amides is 1. The van der Waals surface area contributed by atoms with Crippen LogP contribution in [0.5, 0.6) is 0 Å². The van der Waals surface area contributed by atoms with Crippen molar-refractivity contribution in [1.82, 2.24) is 9.97 Å². The van der Waals surface area contributed by atoms with E-state index in [9.17, 15) is 9.59 Å². The van der Waals surface area contributed by atoms with Crippen molar-refractivity contribution in [3.05, 3.63) is 41.9 Å². The maximum Gasteiger partial charge on any atom is 0.306 e. The second-order valence-corrected chi connectivity index (χ2v) is 5.52. The van der Waals surface area contributed by atoms with Gasteiger partial charge in [0.05, 0.1) is 13.5 Å². The van der Waals surface area contributed by atoms with Crippen LogP contribution in [0.3, 0.4) is 0 Å². The zero-order valence-electron chi connectivity index (χ0n) is 14.6. The maximum absolute atomic E-state index is 12.1. The van der Waals surface area contributed by atoms with E-state index in [1.54, 1.807) is 0 Å². The number of carbonyl (C=O) groups is 2. The number of anilines is 3. The Morgan fingerprint density at radius 1 is 1.16 bits per heavy atom. The molecule has 2 rings (SSSR count). The molecular formula is C18H22N4O3. The molecule has 0 radical (unpaired) electrons. The Hall–Kier alpha value is -2.96. The third-order valence-electron chi connectivity index (χ3n) is 3.62. The molecule has 0 aliphatic rings. The van der Waals surface area contributed by atoms with Gasteiger partial charge in [0.1, 0.15) is 12.1 Å². The van der Waals surface area contributed by atoms with E-state index in [2.05, 4.69) is 25.3 Å². The minimum atomic E-state index is -0.402. The number of esters is 1. The Kier molecular flexibility index (Phi) is 6.45. The highest BCUT2D eigenvalue weighted by Crippen LogP contribution is 2.24. The Bertz CT molecular complexity index is 762. The molecular weight excluding hydrogens is 320 g/mol. The van der Waals surface area contributed by atoms with Crippen LogP contribution in [0, 0.1) is 6.92 Å². The van der Waals surface area contributed by atoms with Crippen LogP contribution in [0.4, 0.5) is 17.2 Å². The fraction of sp³-hybridized carbons (Fsp3) is 0.333. The van der Waals surface area contributed by atoms with Gasteiger partial charge in [0.2, 0.25) is 5.91 Å². The van der Waals surface area contributed by atoms with Crippen LogP contribution in [0.2, 0.25) is 0 Å². The van der Waals surface area contributed by atoms with Crippen molar-refractivity contribution >= 4 is 29.1 Å². The molecule has 0 saturated carbocycles. The zero-order valence-corrected chi connectivity index (χ0v) is 14.6. The summed E-state index contributed by atoms with van der Waals surface area (Å²) in [5.74, 6) is 0.0512. The average molecular weight is 342 g/mol. The minimum Gasteiger partial charge on any atom is -0.469 e. The molecule has 7 nitrogen and oxygen atoms in total. The van der Waals surface area contributed by atoms with Crippen LogP contribution < -0.4 is 10.6 Å². The number of rotatable bonds is 7. The summed E-state index contributed by atoms with van der Waals surface area (Å²) in [6.07, 6.45) is 2.41. The fourth-order valence-electron chi connectivity index (χ4n) is 2.28. The molecule has 0 atom stereocenters. The molecule has 1 aromatic carbocycles. The first-order valence-electron chi connectivity index (χ1n) is 8.07. The molecule has 0 aliphatic carbocycles. The standard InChI is InChI=1S/C18H22N4O3/c1-4-13-5-6-14(21-16-9-12(2)19-11-20-16)10-15(13)22-17(23)7-8-18(24)25-3/h5-6,9-11H,4,7-8H2,1-3H3,(H,22,23)(H,19,20,21). The summed E-state index contributed by atoms with van der Waals surface area (Å²) in [6.45, 7) is 3.90. The van der Waals surface area contributed by atoms with Gasteiger partial charge in [-0.1, -0.05) is 13.0 Å². The highest BCUT2D eigenvalue weighted by molar-refractivity contribution is 5.93. The third kappa shape index (κ3) is 5.56. The lowest BCUT2D eigenvalue weighted by atomic mass is 10.1. The van der Waals surface area contributed by atoms with Gasteiger partial charge in [0.15, 0.2) is 0 Å². The molecule has 132 valence electrons. The van der Waals surface area contributed by atoms with E-state index in [1.165, 1.54) is 13.4 Å². The minimum absolute atomic E-state index is 0.0575. The predicted molar refractivity (Wildman–Crippen MR) is 95.8 cm³/mol. The smallest absolute Gasteiger partial charge is 0.306 e. The van der Waals surface area contributed by atoms with Gasteiger partial charge in [0.25, 0.3) is 0 Å². The number of hydrogen-bond donors (Lipinski definition) is 2. The lowest BCUT2D eigenvalue weighted by Gasteiger charge is -2.13. The highest BCUT2D eigenvalue weighted by atomic mass is 16.5. The van der Waals surface area contributed by atoms with E-state index in [4.69, 9.17) is 0 Å². The van der Waals surface area contributed by atoms with Gasteiger partial charge >= 0.3 is 5.97 Å². The number of ether oxygens (including phenoxy) is 1. The summed E-state index contributed by atoms with van der Waals surface area (Å²) in [4.78, 5) is 31.4. The van der Waals surface area contributed by atoms with Crippen molar-refractivity contribution in [3.8, 4) is 0 Å². The number of hydrogen-bond acceptors (Lipinski definition) is 6. The van der Waals surface area contributed by atoms with Crippen LogP contribution >= 0.6 is 0 Å². The van der Waals surface area contributed by atoms with Gasteiger partial charge in [-0.25, -0.2) is 9.97 Å². The van der Waals surface area contributed by atoms with Crippen LogP contribution in [0.15, 0.2) is 30.6 Å². The Labute approximate surface area is 146 Å². The first-order chi connectivity index (χ1) is 12.0. The average Bonchev–Trinajstić information content (AvgIpc) is 2.60.